The summed E-state index contributed by atoms with van der Waals surface area (Å²) in [6, 6.07) is 8.31. The molecule has 10 heteroatoms. The molecule has 29 heavy (non-hydrogen) atoms. The first-order valence-electron chi connectivity index (χ1n) is 8.55. The number of aliphatic hydroxyl groups excluding tert-OH is 1. The van der Waals surface area contributed by atoms with Crippen molar-refractivity contribution in [3.63, 3.8) is 0 Å². The smallest absolute Gasteiger partial charge is 0.407 e. The van der Waals surface area contributed by atoms with E-state index in [2.05, 4.69) is 15.0 Å². The van der Waals surface area contributed by atoms with E-state index in [0.717, 1.165) is 11.1 Å². The molecule has 1 aromatic carbocycles. The minimum Gasteiger partial charge on any atom is -0.453 e. The fourth-order valence-electron chi connectivity index (χ4n) is 2.49. The van der Waals surface area contributed by atoms with E-state index < -0.39 is 37.2 Å². The van der Waals surface area contributed by atoms with Crippen LogP contribution in [0.2, 0.25) is 0 Å². The normalized spacial score (nSPS) is 12.9. The van der Waals surface area contributed by atoms with Crippen molar-refractivity contribution in [3.05, 3.63) is 53.9 Å². The third-order valence-corrected chi connectivity index (χ3v) is 4.08. The Labute approximate surface area is 164 Å². The second kappa shape index (κ2) is 10.4. The zero-order valence-corrected chi connectivity index (χ0v) is 15.4. The number of amides is 2. The van der Waals surface area contributed by atoms with Crippen LogP contribution >= 0.6 is 0 Å². The molecule has 2 aromatic rings. The Morgan fingerprint density at radius 1 is 1.14 bits per heavy atom. The fraction of sp³-hybridized carbons (Fsp3) is 0.316. The summed E-state index contributed by atoms with van der Waals surface area (Å²) in [6.45, 7) is -1.00. The number of pyridine rings is 1. The van der Waals surface area contributed by atoms with Crippen LogP contribution in [0.3, 0.4) is 0 Å². The number of alkyl halides is 3. The Balaban J connectivity index is 2.05. The average molecular weight is 411 g/mol. The first kappa shape index (κ1) is 22.2. The largest absolute Gasteiger partial charge is 0.453 e. The van der Waals surface area contributed by atoms with Crippen molar-refractivity contribution in [2.75, 3.05) is 13.8 Å². The Morgan fingerprint density at radius 3 is 2.31 bits per heavy atom. The molecule has 0 radical (unpaired) electrons. The van der Waals surface area contributed by atoms with Gasteiger partial charge in [0.25, 0.3) is 5.91 Å². The molecule has 0 saturated heterocycles. The number of methoxy groups -OCH3 is 1. The lowest BCUT2D eigenvalue weighted by Gasteiger charge is -2.22. The third kappa shape index (κ3) is 6.18. The molecule has 2 rings (SSSR count). The molecular formula is C19H20F3N3O4. The van der Waals surface area contributed by atoms with E-state index >= 15 is 0 Å². The van der Waals surface area contributed by atoms with E-state index in [1.807, 2.05) is 0 Å². The summed E-state index contributed by atoms with van der Waals surface area (Å²) in [5, 5.41) is 14.5. The van der Waals surface area contributed by atoms with E-state index in [9.17, 15) is 27.9 Å². The number of hydrogen-bond donors (Lipinski definition) is 3. The molecule has 1 aromatic heterocycles. The van der Waals surface area contributed by atoms with Gasteiger partial charge in [-0.15, -0.1) is 0 Å². The highest BCUT2D eigenvalue weighted by Gasteiger charge is 2.26. The van der Waals surface area contributed by atoms with Gasteiger partial charge in [0, 0.05) is 11.8 Å². The van der Waals surface area contributed by atoms with Gasteiger partial charge in [-0.05, 0) is 17.2 Å². The summed E-state index contributed by atoms with van der Waals surface area (Å²) in [7, 11) is 1.26. The summed E-state index contributed by atoms with van der Waals surface area (Å²) in [5.74, 6) is -1.64. The molecule has 1 heterocycles. The van der Waals surface area contributed by atoms with E-state index in [0.29, 0.717) is 5.69 Å². The predicted octanol–water partition coefficient (Wildman–Crippen LogP) is 2.36. The number of ether oxygens (including phenoxy) is 1. The number of nitrogens with zero attached hydrogens (tertiary/aromatic N) is 1. The van der Waals surface area contributed by atoms with Gasteiger partial charge >= 0.3 is 12.5 Å². The number of hydrogen-bond acceptors (Lipinski definition) is 5. The van der Waals surface area contributed by atoms with E-state index in [1.165, 1.54) is 19.2 Å². The number of rotatable bonds is 8. The second-order valence-electron chi connectivity index (χ2n) is 6.02. The van der Waals surface area contributed by atoms with Crippen LogP contribution in [0, 0.1) is 0 Å². The minimum atomic E-state index is -3.29. The summed E-state index contributed by atoms with van der Waals surface area (Å²) < 4.78 is 42.2. The molecule has 0 aliphatic rings. The molecule has 0 fully saturated rings. The second-order valence-corrected chi connectivity index (χ2v) is 6.02. The Hall–Kier alpha value is -3.14. The van der Waals surface area contributed by atoms with Gasteiger partial charge in [-0.25, -0.2) is 9.18 Å². The summed E-state index contributed by atoms with van der Waals surface area (Å²) in [6.07, 6.45) is -3.76. The molecule has 0 spiro atoms. The zero-order chi connectivity index (χ0) is 21.4. The Bertz CT molecular complexity index is 816. The lowest BCUT2D eigenvalue weighted by Crippen LogP contribution is -2.43. The van der Waals surface area contributed by atoms with Crippen molar-refractivity contribution >= 4 is 12.0 Å². The van der Waals surface area contributed by atoms with Crippen LogP contribution in [-0.2, 0) is 16.1 Å². The summed E-state index contributed by atoms with van der Waals surface area (Å²) >= 11 is 0. The number of benzene rings is 1. The third-order valence-electron chi connectivity index (χ3n) is 4.08. The number of aromatic nitrogens is 1. The number of carbonyl (C=O) groups is 2. The molecule has 156 valence electrons. The molecule has 7 nitrogen and oxygen atoms in total. The summed E-state index contributed by atoms with van der Waals surface area (Å²) in [4.78, 5) is 26.3. The number of halogens is 3. The van der Waals surface area contributed by atoms with Crippen LogP contribution in [0.25, 0.3) is 11.1 Å². The van der Waals surface area contributed by atoms with E-state index in [4.69, 9.17) is 0 Å². The van der Waals surface area contributed by atoms with Gasteiger partial charge in [0.2, 0.25) is 0 Å². The first-order valence-corrected chi connectivity index (χ1v) is 8.55. The SMILES string of the molecule is COC(=O)NCc1ccc(-c2ccc(C(O)C(CF)NC(=O)C(F)F)cc2)cn1. The van der Waals surface area contributed by atoms with Crippen molar-refractivity contribution < 1.29 is 32.6 Å². The van der Waals surface area contributed by atoms with Crippen LogP contribution in [0.5, 0.6) is 0 Å². The molecule has 0 bridgehead atoms. The molecule has 0 aliphatic carbocycles. The maximum Gasteiger partial charge on any atom is 0.407 e. The standard InChI is InChI=1S/C19H20F3N3O4/c1-29-19(28)24-10-14-7-6-13(9-23-14)11-2-4-12(5-3-11)16(26)15(8-20)25-18(27)17(21)22/h2-7,9,15-17,26H,8,10H2,1H3,(H,24,28)(H,25,27). The molecule has 0 aliphatic heterocycles. The average Bonchev–Trinajstić information content (AvgIpc) is 2.75. The first-order chi connectivity index (χ1) is 13.8. The van der Waals surface area contributed by atoms with Crippen molar-refractivity contribution in [3.8, 4) is 11.1 Å². The van der Waals surface area contributed by atoms with Gasteiger partial charge in [-0.3, -0.25) is 9.78 Å². The van der Waals surface area contributed by atoms with Crippen LogP contribution in [0.4, 0.5) is 18.0 Å². The topological polar surface area (TPSA) is 101 Å². The Kier molecular flexibility index (Phi) is 7.96. The van der Waals surface area contributed by atoms with Gasteiger partial charge in [0.05, 0.1) is 25.4 Å². The molecule has 2 unspecified atom stereocenters. The maximum absolute atomic E-state index is 13.1. The van der Waals surface area contributed by atoms with Crippen LogP contribution in [0.15, 0.2) is 42.6 Å². The molecule has 0 saturated carbocycles. The highest BCUT2D eigenvalue weighted by Crippen LogP contribution is 2.23. The summed E-state index contributed by atoms with van der Waals surface area (Å²) in [5.41, 5.74) is 2.37. The molecule has 2 atom stereocenters. The van der Waals surface area contributed by atoms with Crippen molar-refractivity contribution in [1.29, 1.82) is 0 Å². The van der Waals surface area contributed by atoms with E-state index in [-0.39, 0.29) is 12.1 Å². The van der Waals surface area contributed by atoms with Gasteiger partial charge in [0.15, 0.2) is 0 Å². The van der Waals surface area contributed by atoms with Gasteiger partial charge < -0.3 is 20.5 Å². The fourth-order valence-corrected chi connectivity index (χ4v) is 2.49. The highest BCUT2D eigenvalue weighted by molar-refractivity contribution is 5.79. The number of carbonyl (C=O) groups excluding carboxylic acids is 2. The lowest BCUT2D eigenvalue weighted by molar-refractivity contribution is -0.133. The van der Waals surface area contributed by atoms with Crippen LogP contribution < -0.4 is 10.6 Å². The quantitative estimate of drug-likeness (QED) is 0.619. The van der Waals surface area contributed by atoms with Crippen LogP contribution in [0.1, 0.15) is 17.4 Å². The van der Waals surface area contributed by atoms with Crippen molar-refractivity contribution in [2.24, 2.45) is 0 Å². The molecule has 2 amide bonds. The molecule has 3 N–H and O–H groups in total. The van der Waals surface area contributed by atoms with Gasteiger partial charge in [-0.1, -0.05) is 30.3 Å². The van der Waals surface area contributed by atoms with Gasteiger partial charge in [-0.2, -0.15) is 8.78 Å². The Morgan fingerprint density at radius 2 is 1.79 bits per heavy atom. The van der Waals surface area contributed by atoms with E-state index in [1.54, 1.807) is 35.8 Å². The van der Waals surface area contributed by atoms with Crippen molar-refractivity contribution in [1.82, 2.24) is 15.6 Å². The predicted molar refractivity (Wildman–Crippen MR) is 97.8 cm³/mol. The number of nitrogens with one attached hydrogen (secondary N) is 2. The van der Waals surface area contributed by atoms with Crippen LogP contribution in [-0.4, -0.2) is 48.3 Å². The highest BCUT2D eigenvalue weighted by atomic mass is 19.3. The van der Waals surface area contributed by atoms with Crippen molar-refractivity contribution in [2.45, 2.75) is 25.1 Å². The maximum atomic E-state index is 13.1. The minimum absolute atomic E-state index is 0.201. The number of alkyl carbamates (subject to hydrolysis) is 1. The lowest BCUT2D eigenvalue weighted by atomic mass is 9.99. The van der Waals surface area contributed by atoms with Gasteiger partial charge in [0.1, 0.15) is 12.8 Å². The monoisotopic (exact) mass is 411 g/mol. The number of aliphatic hydroxyl groups is 1. The molecular weight excluding hydrogens is 391 g/mol. The zero-order valence-electron chi connectivity index (χ0n) is 15.4.